The summed E-state index contributed by atoms with van der Waals surface area (Å²) in [5.41, 5.74) is 5.33. The molecule has 0 aliphatic heterocycles. The Bertz CT molecular complexity index is 265. The number of nitrogens with two attached hydrogens (primary N) is 1. The second-order valence-electron chi connectivity index (χ2n) is 5.56. The van der Waals surface area contributed by atoms with E-state index < -0.39 is 5.54 Å². The van der Waals surface area contributed by atoms with Crippen molar-refractivity contribution in [1.29, 1.82) is 0 Å². The second kappa shape index (κ2) is 7.10. The summed E-state index contributed by atoms with van der Waals surface area (Å²) in [6.45, 7) is 4.78. The molecule has 1 aliphatic carbocycles. The van der Waals surface area contributed by atoms with Gasteiger partial charge in [-0.25, -0.2) is 0 Å². The quantitative estimate of drug-likeness (QED) is 0.673. The smallest absolute Gasteiger partial charge is 0.240 e. The number of nitrogens with one attached hydrogen (secondary N) is 1. The Hall–Kier alpha value is -0.610. The van der Waals surface area contributed by atoms with Crippen molar-refractivity contribution in [3.63, 3.8) is 0 Å². The number of hydrogen-bond donors (Lipinski definition) is 3. The number of hydrogen-bond acceptors (Lipinski definition) is 3. The van der Waals surface area contributed by atoms with Gasteiger partial charge in [0.15, 0.2) is 0 Å². The normalized spacial score (nSPS) is 24.9. The van der Waals surface area contributed by atoms with Crippen LogP contribution in [0.5, 0.6) is 0 Å². The van der Waals surface area contributed by atoms with Crippen LogP contribution in [0, 0.1) is 11.8 Å². The van der Waals surface area contributed by atoms with E-state index in [2.05, 4.69) is 5.32 Å². The highest BCUT2D eigenvalue weighted by Crippen LogP contribution is 2.29. The van der Waals surface area contributed by atoms with Crippen LogP contribution in [-0.4, -0.2) is 29.7 Å². The van der Waals surface area contributed by atoms with Gasteiger partial charge >= 0.3 is 0 Å². The summed E-state index contributed by atoms with van der Waals surface area (Å²) in [7, 11) is 0. The molecule has 4 N–H and O–H groups in total. The maximum absolute atomic E-state index is 12.1. The van der Waals surface area contributed by atoms with E-state index in [1.165, 1.54) is 12.8 Å². The zero-order chi connectivity index (χ0) is 13.6. The van der Waals surface area contributed by atoms with Gasteiger partial charge in [0.05, 0.1) is 5.54 Å². The van der Waals surface area contributed by atoms with Gasteiger partial charge in [0.25, 0.3) is 0 Å². The summed E-state index contributed by atoms with van der Waals surface area (Å²) >= 11 is 0. The van der Waals surface area contributed by atoms with Crippen molar-refractivity contribution >= 4 is 5.91 Å². The lowest BCUT2D eigenvalue weighted by atomic mass is 9.79. The van der Waals surface area contributed by atoms with Crippen LogP contribution < -0.4 is 11.1 Å². The van der Waals surface area contributed by atoms with Crippen molar-refractivity contribution in [3.8, 4) is 0 Å². The fraction of sp³-hybridized carbons (Fsp3) is 0.929. The van der Waals surface area contributed by atoms with Crippen LogP contribution in [0.2, 0.25) is 0 Å². The number of carbonyl (C=O) groups is 1. The van der Waals surface area contributed by atoms with Gasteiger partial charge in [0.1, 0.15) is 0 Å². The first-order chi connectivity index (χ1) is 8.57. The highest BCUT2D eigenvalue weighted by atomic mass is 16.3. The summed E-state index contributed by atoms with van der Waals surface area (Å²) in [6, 6.07) is 0. The first-order valence-corrected chi connectivity index (χ1v) is 7.25. The van der Waals surface area contributed by atoms with Crippen molar-refractivity contribution in [3.05, 3.63) is 0 Å². The number of rotatable bonds is 6. The molecule has 0 bridgehead atoms. The number of amides is 1. The highest BCUT2D eigenvalue weighted by molar-refractivity contribution is 5.85. The maximum atomic E-state index is 12.1. The fourth-order valence-electron chi connectivity index (χ4n) is 2.76. The predicted octanol–water partition coefficient (Wildman–Crippen LogP) is 1.42. The minimum absolute atomic E-state index is 0.0465. The molecule has 1 rings (SSSR count). The molecule has 2 atom stereocenters. The standard InChI is InChI=1S/C14H28N2O2/c1-3-14(15,4-2)13(18)16-9-11-7-5-6-8-12(11)10-17/h11-12,17H,3-10,15H2,1-2H3,(H,16,18). The Morgan fingerprint density at radius 2 is 1.83 bits per heavy atom. The third-order valence-corrected chi connectivity index (χ3v) is 4.54. The predicted molar refractivity (Wildman–Crippen MR) is 73.0 cm³/mol. The maximum Gasteiger partial charge on any atom is 0.240 e. The Kier molecular flexibility index (Phi) is 6.09. The molecule has 1 aliphatic rings. The van der Waals surface area contributed by atoms with Crippen LogP contribution in [0.15, 0.2) is 0 Å². The van der Waals surface area contributed by atoms with Gasteiger partial charge in [0.2, 0.25) is 5.91 Å². The molecule has 1 fully saturated rings. The molecule has 0 spiro atoms. The van der Waals surface area contributed by atoms with Gasteiger partial charge in [-0.3, -0.25) is 4.79 Å². The van der Waals surface area contributed by atoms with Crippen LogP contribution in [-0.2, 0) is 4.79 Å². The van der Waals surface area contributed by atoms with Gasteiger partial charge in [-0.1, -0.05) is 26.7 Å². The van der Waals surface area contributed by atoms with Crippen LogP contribution >= 0.6 is 0 Å². The van der Waals surface area contributed by atoms with Gasteiger partial charge in [-0.15, -0.1) is 0 Å². The molecule has 0 saturated heterocycles. The molecule has 0 aromatic heterocycles. The van der Waals surface area contributed by atoms with Crippen molar-refractivity contribution in [2.45, 2.75) is 57.9 Å². The summed E-state index contributed by atoms with van der Waals surface area (Å²) in [5, 5.41) is 12.3. The highest BCUT2D eigenvalue weighted by Gasteiger charge is 2.31. The molecule has 0 heterocycles. The third kappa shape index (κ3) is 3.69. The van der Waals surface area contributed by atoms with Crippen molar-refractivity contribution in [2.24, 2.45) is 17.6 Å². The van der Waals surface area contributed by atoms with E-state index in [1.54, 1.807) is 0 Å². The molecule has 1 saturated carbocycles. The Labute approximate surface area is 110 Å². The van der Waals surface area contributed by atoms with Gasteiger partial charge in [-0.2, -0.15) is 0 Å². The lowest BCUT2D eigenvalue weighted by Crippen LogP contribution is -2.54. The van der Waals surface area contributed by atoms with Crippen LogP contribution in [0.1, 0.15) is 52.4 Å². The number of aliphatic hydroxyl groups is 1. The molecular formula is C14H28N2O2. The Morgan fingerprint density at radius 1 is 1.28 bits per heavy atom. The van der Waals surface area contributed by atoms with E-state index in [4.69, 9.17) is 5.73 Å². The van der Waals surface area contributed by atoms with Crippen molar-refractivity contribution in [1.82, 2.24) is 5.32 Å². The van der Waals surface area contributed by atoms with Gasteiger partial charge in [-0.05, 0) is 37.5 Å². The van der Waals surface area contributed by atoms with Crippen molar-refractivity contribution < 1.29 is 9.90 Å². The van der Waals surface area contributed by atoms with Gasteiger partial charge in [0, 0.05) is 13.2 Å². The van der Waals surface area contributed by atoms with Gasteiger partial charge < -0.3 is 16.2 Å². The molecule has 0 aromatic carbocycles. The lowest BCUT2D eigenvalue weighted by Gasteiger charge is -2.32. The Morgan fingerprint density at radius 3 is 2.33 bits per heavy atom. The van der Waals surface area contributed by atoms with Crippen molar-refractivity contribution in [2.75, 3.05) is 13.2 Å². The second-order valence-corrected chi connectivity index (χ2v) is 5.56. The average molecular weight is 256 g/mol. The molecule has 106 valence electrons. The minimum atomic E-state index is -0.733. The van der Waals surface area contributed by atoms with E-state index in [1.807, 2.05) is 13.8 Å². The van der Waals surface area contributed by atoms with Crippen LogP contribution in [0.4, 0.5) is 0 Å². The topological polar surface area (TPSA) is 75.4 Å². The average Bonchev–Trinajstić information content (AvgIpc) is 2.43. The van der Waals surface area contributed by atoms with E-state index in [0.717, 1.165) is 12.8 Å². The number of aliphatic hydroxyl groups excluding tert-OH is 1. The summed E-state index contributed by atoms with van der Waals surface area (Å²) < 4.78 is 0. The number of carbonyl (C=O) groups excluding carboxylic acids is 1. The van der Waals surface area contributed by atoms with E-state index >= 15 is 0 Å². The zero-order valence-corrected chi connectivity index (χ0v) is 11.7. The van der Waals surface area contributed by atoms with Crippen LogP contribution in [0.3, 0.4) is 0 Å². The fourth-order valence-corrected chi connectivity index (χ4v) is 2.76. The van der Waals surface area contributed by atoms with E-state index in [-0.39, 0.29) is 12.5 Å². The van der Waals surface area contributed by atoms with E-state index in [0.29, 0.717) is 31.2 Å². The largest absolute Gasteiger partial charge is 0.396 e. The molecule has 4 nitrogen and oxygen atoms in total. The molecule has 1 amide bonds. The van der Waals surface area contributed by atoms with Crippen LogP contribution in [0.25, 0.3) is 0 Å². The first kappa shape index (κ1) is 15.4. The summed E-state index contributed by atoms with van der Waals surface area (Å²) in [6.07, 6.45) is 5.88. The molecule has 2 unspecified atom stereocenters. The summed E-state index contributed by atoms with van der Waals surface area (Å²) in [4.78, 5) is 12.1. The monoisotopic (exact) mass is 256 g/mol. The van der Waals surface area contributed by atoms with E-state index in [9.17, 15) is 9.90 Å². The first-order valence-electron chi connectivity index (χ1n) is 7.25. The Balaban J connectivity index is 2.46. The summed E-state index contributed by atoms with van der Waals surface area (Å²) in [5.74, 6) is 0.704. The molecule has 0 radical (unpaired) electrons. The molecule has 18 heavy (non-hydrogen) atoms. The molecule has 4 heteroatoms. The molecule has 0 aromatic rings. The molecular weight excluding hydrogens is 228 g/mol. The SMILES string of the molecule is CCC(N)(CC)C(=O)NCC1CCCCC1CO. The lowest BCUT2D eigenvalue weighted by molar-refractivity contribution is -0.127. The zero-order valence-electron chi connectivity index (χ0n) is 11.7. The minimum Gasteiger partial charge on any atom is -0.396 e. The third-order valence-electron chi connectivity index (χ3n) is 4.54.